The maximum atomic E-state index is 5.49. The molecule has 3 aromatic heterocycles. The Kier molecular flexibility index (Phi) is 3.37. The SMILES string of the molecule is Cc1ncc(-c2nc(N3CCOCC3)c3nc4n(c3n2)CCC4)cn1. The molecule has 25 heavy (non-hydrogen) atoms. The van der Waals surface area contributed by atoms with Crippen LogP contribution < -0.4 is 4.90 Å². The Bertz CT molecular complexity index is 928. The van der Waals surface area contributed by atoms with Gasteiger partial charge in [-0.05, 0) is 13.3 Å². The van der Waals surface area contributed by atoms with Crippen LogP contribution in [0, 0.1) is 6.92 Å². The zero-order valence-electron chi connectivity index (χ0n) is 14.1. The van der Waals surface area contributed by atoms with Crippen LogP contribution in [-0.4, -0.2) is 55.8 Å². The highest BCUT2D eigenvalue weighted by Crippen LogP contribution is 2.30. The molecule has 128 valence electrons. The second kappa shape index (κ2) is 5.73. The van der Waals surface area contributed by atoms with Crippen molar-refractivity contribution in [2.45, 2.75) is 26.3 Å². The smallest absolute Gasteiger partial charge is 0.167 e. The van der Waals surface area contributed by atoms with E-state index in [0.29, 0.717) is 19.0 Å². The Balaban J connectivity index is 1.71. The molecular weight excluding hydrogens is 318 g/mol. The van der Waals surface area contributed by atoms with E-state index in [0.717, 1.165) is 66.7 Å². The molecule has 0 aromatic carbocycles. The van der Waals surface area contributed by atoms with Crippen LogP contribution in [0.1, 0.15) is 18.1 Å². The van der Waals surface area contributed by atoms with Gasteiger partial charge in [-0.3, -0.25) is 0 Å². The average molecular weight is 337 g/mol. The van der Waals surface area contributed by atoms with Crippen LogP contribution in [0.4, 0.5) is 5.82 Å². The number of nitrogens with zero attached hydrogens (tertiary/aromatic N) is 7. The van der Waals surface area contributed by atoms with Crippen LogP contribution in [0.5, 0.6) is 0 Å². The van der Waals surface area contributed by atoms with Crippen molar-refractivity contribution in [3.63, 3.8) is 0 Å². The molecule has 8 nitrogen and oxygen atoms in total. The normalized spacial score (nSPS) is 17.2. The first kappa shape index (κ1) is 14.7. The summed E-state index contributed by atoms with van der Waals surface area (Å²) in [6, 6.07) is 0. The van der Waals surface area contributed by atoms with E-state index in [9.17, 15) is 0 Å². The highest BCUT2D eigenvalue weighted by molar-refractivity contribution is 5.86. The molecule has 1 fully saturated rings. The number of aryl methyl sites for hydroxylation is 3. The molecule has 0 aliphatic carbocycles. The first-order chi connectivity index (χ1) is 12.3. The molecule has 0 amide bonds. The van der Waals surface area contributed by atoms with Gasteiger partial charge in [0.25, 0.3) is 0 Å². The fraction of sp³-hybridized carbons (Fsp3) is 0.471. The van der Waals surface area contributed by atoms with Crippen molar-refractivity contribution in [3.05, 3.63) is 24.0 Å². The van der Waals surface area contributed by atoms with Gasteiger partial charge in [-0.25, -0.2) is 24.9 Å². The fourth-order valence-electron chi connectivity index (χ4n) is 3.49. The van der Waals surface area contributed by atoms with Crippen molar-refractivity contribution in [3.8, 4) is 11.4 Å². The van der Waals surface area contributed by atoms with Crippen molar-refractivity contribution in [2.75, 3.05) is 31.2 Å². The largest absolute Gasteiger partial charge is 0.378 e. The first-order valence-electron chi connectivity index (χ1n) is 8.68. The van der Waals surface area contributed by atoms with Crippen molar-refractivity contribution in [1.29, 1.82) is 0 Å². The predicted octanol–water partition coefficient (Wildman–Crippen LogP) is 1.37. The second-order valence-electron chi connectivity index (χ2n) is 6.44. The van der Waals surface area contributed by atoms with Gasteiger partial charge in [-0.1, -0.05) is 0 Å². The molecule has 3 aromatic rings. The number of anilines is 1. The topological polar surface area (TPSA) is 81.9 Å². The number of imidazole rings is 1. The quantitative estimate of drug-likeness (QED) is 0.698. The van der Waals surface area contributed by atoms with Gasteiger partial charge in [-0.15, -0.1) is 0 Å². The molecule has 5 heterocycles. The number of rotatable bonds is 2. The summed E-state index contributed by atoms with van der Waals surface area (Å²) < 4.78 is 7.71. The standard InChI is InChI=1S/C17H19N7O/c1-11-18-9-12(10-19-11)15-21-16(23-5-7-25-8-6-23)14-17(22-15)24-4-2-3-13(24)20-14/h9-10H,2-8H2,1H3. The van der Waals surface area contributed by atoms with E-state index in [1.807, 2.05) is 6.92 Å². The minimum atomic E-state index is 0.656. The lowest BCUT2D eigenvalue weighted by Gasteiger charge is -2.28. The van der Waals surface area contributed by atoms with Gasteiger partial charge < -0.3 is 14.2 Å². The zero-order valence-corrected chi connectivity index (χ0v) is 14.1. The van der Waals surface area contributed by atoms with E-state index in [1.165, 1.54) is 0 Å². The molecule has 0 bridgehead atoms. The zero-order chi connectivity index (χ0) is 16.8. The molecule has 2 aliphatic heterocycles. The number of hydrogen-bond donors (Lipinski definition) is 0. The van der Waals surface area contributed by atoms with Crippen LogP contribution in [0.3, 0.4) is 0 Å². The molecule has 0 spiro atoms. The number of hydrogen-bond acceptors (Lipinski definition) is 7. The molecular formula is C17H19N7O. The van der Waals surface area contributed by atoms with Crippen LogP contribution in [0.15, 0.2) is 12.4 Å². The van der Waals surface area contributed by atoms with E-state index in [2.05, 4.69) is 19.4 Å². The number of ether oxygens (including phenoxy) is 1. The third-order valence-corrected chi connectivity index (χ3v) is 4.79. The molecule has 8 heteroatoms. The van der Waals surface area contributed by atoms with Gasteiger partial charge in [0, 0.05) is 38.4 Å². The summed E-state index contributed by atoms with van der Waals surface area (Å²) in [5.41, 5.74) is 2.64. The Morgan fingerprint density at radius 3 is 2.60 bits per heavy atom. The van der Waals surface area contributed by atoms with Crippen molar-refractivity contribution < 1.29 is 4.74 Å². The summed E-state index contributed by atoms with van der Waals surface area (Å²) >= 11 is 0. The first-order valence-corrected chi connectivity index (χ1v) is 8.68. The van der Waals surface area contributed by atoms with Gasteiger partial charge in [0.2, 0.25) is 0 Å². The molecule has 1 saturated heterocycles. The van der Waals surface area contributed by atoms with Crippen molar-refractivity contribution >= 4 is 17.0 Å². The summed E-state index contributed by atoms with van der Waals surface area (Å²) in [4.78, 5) is 25.3. The molecule has 5 rings (SSSR count). The van der Waals surface area contributed by atoms with E-state index in [-0.39, 0.29) is 0 Å². The van der Waals surface area contributed by atoms with E-state index >= 15 is 0 Å². The molecule has 0 radical (unpaired) electrons. The minimum absolute atomic E-state index is 0.656. The maximum Gasteiger partial charge on any atom is 0.167 e. The van der Waals surface area contributed by atoms with E-state index in [4.69, 9.17) is 19.7 Å². The summed E-state index contributed by atoms with van der Waals surface area (Å²) in [5, 5.41) is 0. The Morgan fingerprint density at radius 2 is 1.80 bits per heavy atom. The minimum Gasteiger partial charge on any atom is -0.378 e. The fourth-order valence-corrected chi connectivity index (χ4v) is 3.49. The lowest BCUT2D eigenvalue weighted by atomic mass is 10.3. The predicted molar refractivity (Wildman–Crippen MR) is 92.4 cm³/mol. The van der Waals surface area contributed by atoms with Crippen molar-refractivity contribution in [1.82, 2.24) is 29.5 Å². The molecule has 0 atom stereocenters. The highest BCUT2D eigenvalue weighted by atomic mass is 16.5. The second-order valence-corrected chi connectivity index (χ2v) is 6.44. The van der Waals surface area contributed by atoms with Gasteiger partial charge in [0.15, 0.2) is 22.8 Å². The highest BCUT2D eigenvalue weighted by Gasteiger charge is 2.25. The van der Waals surface area contributed by atoms with E-state index < -0.39 is 0 Å². The summed E-state index contributed by atoms with van der Waals surface area (Å²) in [5.74, 6) is 3.40. The molecule has 0 N–H and O–H groups in total. The Labute approximate surface area is 144 Å². The summed E-state index contributed by atoms with van der Waals surface area (Å²) in [6.07, 6.45) is 5.70. The maximum absolute atomic E-state index is 5.49. The average Bonchev–Trinajstić information content (AvgIpc) is 3.24. The van der Waals surface area contributed by atoms with E-state index in [1.54, 1.807) is 12.4 Å². The number of fused-ring (bicyclic) bond motifs is 3. The van der Waals surface area contributed by atoms with Gasteiger partial charge in [0.05, 0.1) is 18.8 Å². The Hall–Kier alpha value is -2.61. The van der Waals surface area contributed by atoms with Gasteiger partial charge >= 0.3 is 0 Å². The third kappa shape index (κ3) is 2.44. The molecule has 0 saturated carbocycles. The van der Waals surface area contributed by atoms with Crippen LogP contribution in [0.25, 0.3) is 22.6 Å². The summed E-state index contributed by atoms with van der Waals surface area (Å²) in [6.45, 7) is 5.90. The monoisotopic (exact) mass is 337 g/mol. The molecule has 0 unspecified atom stereocenters. The van der Waals surface area contributed by atoms with Crippen LogP contribution in [-0.2, 0) is 17.7 Å². The lowest BCUT2D eigenvalue weighted by molar-refractivity contribution is 0.122. The van der Waals surface area contributed by atoms with Gasteiger partial charge in [-0.2, -0.15) is 0 Å². The third-order valence-electron chi connectivity index (χ3n) is 4.79. The number of morpholine rings is 1. The molecule has 2 aliphatic rings. The van der Waals surface area contributed by atoms with Crippen LogP contribution in [0.2, 0.25) is 0 Å². The summed E-state index contributed by atoms with van der Waals surface area (Å²) in [7, 11) is 0. The number of aromatic nitrogens is 6. The lowest BCUT2D eigenvalue weighted by Crippen LogP contribution is -2.37. The Morgan fingerprint density at radius 1 is 1.00 bits per heavy atom. The van der Waals surface area contributed by atoms with Gasteiger partial charge in [0.1, 0.15) is 11.6 Å². The van der Waals surface area contributed by atoms with Crippen molar-refractivity contribution in [2.24, 2.45) is 0 Å². The van der Waals surface area contributed by atoms with Crippen LogP contribution >= 0.6 is 0 Å².